The number of halogens is 3. The third kappa shape index (κ3) is 4.18. The second-order valence-corrected chi connectivity index (χ2v) is 6.66. The van der Waals surface area contributed by atoms with Crippen molar-refractivity contribution < 1.29 is 4.39 Å². The first-order valence-electron chi connectivity index (χ1n) is 7.10. The summed E-state index contributed by atoms with van der Waals surface area (Å²) < 4.78 is 13.0. The first kappa shape index (κ1) is 17.4. The minimum absolute atomic E-state index is 0.303. The zero-order valence-electron chi connectivity index (χ0n) is 12.6. The molecular formula is C18H10Cl2FN3S. The average Bonchev–Trinajstić information content (AvgIpc) is 3.09. The largest absolute Gasteiger partial charge is 0.360 e. The molecule has 0 radical (unpaired) electrons. The minimum Gasteiger partial charge on any atom is -0.360 e. The minimum atomic E-state index is -0.303. The normalized spacial score (nSPS) is 11.2. The van der Waals surface area contributed by atoms with E-state index in [2.05, 4.69) is 16.4 Å². The van der Waals surface area contributed by atoms with Crippen LogP contribution in [0.1, 0.15) is 5.01 Å². The predicted molar refractivity (Wildman–Crippen MR) is 101 cm³/mol. The molecule has 0 aliphatic carbocycles. The maximum absolute atomic E-state index is 13.0. The highest BCUT2D eigenvalue weighted by Gasteiger charge is 2.09. The SMILES string of the molecule is N#C/C(=C\Nc1ccc(Cl)c(Cl)c1)c1nc(-c2ccc(F)cc2)cs1. The lowest BCUT2D eigenvalue weighted by Crippen LogP contribution is -1.91. The van der Waals surface area contributed by atoms with E-state index >= 15 is 0 Å². The number of anilines is 1. The van der Waals surface area contributed by atoms with Gasteiger partial charge in [0.2, 0.25) is 0 Å². The summed E-state index contributed by atoms with van der Waals surface area (Å²) in [4.78, 5) is 4.44. The molecule has 7 heteroatoms. The molecule has 1 N–H and O–H groups in total. The number of thiazole rings is 1. The van der Waals surface area contributed by atoms with Gasteiger partial charge in [0, 0.05) is 22.8 Å². The molecule has 0 fully saturated rings. The van der Waals surface area contributed by atoms with E-state index in [-0.39, 0.29) is 5.82 Å². The quantitative estimate of drug-likeness (QED) is 0.537. The lowest BCUT2D eigenvalue weighted by molar-refractivity contribution is 0.628. The standard InChI is InChI=1S/C18H10Cl2FN3S/c19-15-6-5-14(7-16(15)20)23-9-12(8-22)18-24-17(10-25-18)11-1-3-13(21)4-2-11/h1-7,9-10,23H/b12-9+. The van der Waals surface area contributed by atoms with E-state index in [0.717, 1.165) is 5.56 Å². The van der Waals surface area contributed by atoms with Crippen LogP contribution in [0.3, 0.4) is 0 Å². The fourth-order valence-electron chi connectivity index (χ4n) is 2.03. The van der Waals surface area contributed by atoms with E-state index in [1.807, 2.05) is 5.38 Å². The van der Waals surface area contributed by atoms with Crippen LogP contribution in [0.15, 0.2) is 54.0 Å². The molecule has 2 aromatic carbocycles. The molecule has 1 aromatic heterocycles. The van der Waals surface area contributed by atoms with Gasteiger partial charge in [-0.1, -0.05) is 23.2 Å². The number of benzene rings is 2. The van der Waals surface area contributed by atoms with Crippen LogP contribution in [0.25, 0.3) is 16.8 Å². The molecule has 0 aliphatic heterocycles. The van der Waals surface area contributed by atoms with E-state index in [1.165, 1.54) is 23.5 Å². The van der Waals surface area contributed by atoms with Gasteiger partial charge in [0.15, 0.2) is 0 Å². The van der Waals surface area contributed by atoms with Crippen molar-refractivity contribution in [3.05, 3.63) is 74.9 Å². The van der Waals surface area contributed by atoms with Crippen molar-refractivity contribution in [2.75, 3.05) is 5.32 Å². The van der Waals surface area contributed by atoms with Gasteiger partial charge in [0.05, 0.1) is 15.7 Å². The third-order valence-electron chi connectivity index (χ3n) is 3.30. The second-order valence-electron chi connectivity index (χ2n) is 4.99. The summed E-state index contributed by atoms with van der Waals surface area (Å²) in [7, 11) is 0. The van der Waals surface area contributed by atoms with Gasteiger partial charge >= 0.3 is 0 Å². The molecule has 3 nitrogen and oxygen atoms in total. The van der Waals surface area contributed by atoms with Crippen molar-refractivity contribution in [2.24, 2.45) is 0 Å². The zero-order valence-corrected chi connectivity index (χ0v) is 15.0. The van der Waals surface area contributed by atoms with E-state index < -0.39 is 0 Å². The van der Waals surface area contributed by atoms with Crippen molar-refractivity contribution in [2.45, 2.75) is 0 Å². The molecular weight excluding hydrogens is 380 g/mol. The molecule has 0 bridgehead atoms. The molecule has 3 rings (SSSR count). The molecule has 0 spiro atoms. The summed E-state index contributed by atoms with van der Waals surface area (Å²) >= 11 is 13.2. The highest BCUT2D eigenvalue weighted by molar-refractivity contribution is 7.11. The van der Waals surface area contributed by atoms with Crippen LogP contribution in [0, 0.1) is 17.1 Å². The van der Waals surface area contributed by atoms with Crippen LogP contribution >= 0.6 is 34.5 Å². The van der Waals surface area contributed by atoms with Crippen molar-refractivity contribution in [3.63, 3.8) is 0 Å². The van der Waals surface area contributed by atoms with Gasteiger partial charge in [-0.3, -0.25) is 0 Å². The van der Waals surface area contributed by atoms with Gasteiger partial charge in [0.25, 0.3) is 0 Å². The Kier molecular flexibility index (Phi) is 5.34. The van der Waals surface area contributed by atoms with Crippen molar-refractivity contribution >= 4 is 45.8 Å². The highest BCUT2D eigenvalue weighted by Crippen LogP contribution is 2.28. The van der Waals surface area contributed by atoms with Crippen molar-refractivity contribution in [3.8, 4) is 17.3 Å². The van der Waals surface area contributed by atoms with Gasteiger partial charge < -0.3 is 5.32 Å². The topological polar surface area (TPSA) is 48.7 Å². The van der Waals surface area contributed by atoms with Crippen LogP contribution in [-0.2, 0) is 0 Å². The summed E-state index contributed by atoms with van der Waals surface area (Å²) in [5.41, 5.74) is 2.57. The molecule has 0 amide bonds. The number of hydrogen-bond donors (Lipinski definition) is 1. The smallest absolute Gasteiger partial charge is 0.136 e. The van der Waals surface area contributed by atoms with Gasteiger partial charge in [-0.2, -0.15) is 5.26 Å². The van der Waals surface area contributed by atoms with Crippen LogP contribution in [0.5, 0.6) is 0 Å². The van der Waals surface area contributed by atoms with Gasteiger partial charge in [-0.15, -0.1) is 11.3 Å². The summed E-state index contributed by atoms with van der Waals surface area (Å²) in [6.45, 7) is 0. The Morgan fingerprint density at radius 1 is 1.16 bits per heavy atom. The van der Waals surface area contributed by atoms with E-state index in [9.17, 15) is 9.65 Å². The van der Waals surface area contributed by atoms with Crippen LogP contribution in [0.4, 0.5) is 10.1 Å². The molecule has 0 saturated carbocycles. The number of nitriles is 1. The Morgan fingerprint density at radius 2 is 1.92 bits per heavy atom. The summed E-state index contributed by atoms with van der Waals surface area (Å²) in [6, 6.07) is 13.3. The van der Waals surface area contributed by atoms with E-state index in [1.54, 1.807) is 36.5 Å². The third-order valence-corrected chi connectivity index (χ3v) is 4.91. The molecule has 0 saturated heterocycles. The predicted octanol–water partition coefficient (Wildman–Crippen LogP) is 6.23. The van der Waals surface area contributed by atoms with Gasteiger partial charge in [0.1, 0.15) is 22.5 Å². The Hall–Kier alpha value is -2.39. The lowest BCUT2D eigenvalue weighted by Gasteiger charge is -2.03. The first-order chi connectivity index (χ1) is 12.1. The lowest BCUT2D eigenvalue weighted by atomic mass is 10.2. The number of aromatic nitrogens is 1. The monoisotopic (exact) mass is 389 g/mol. The summed E-state index contributed by atoms with van der Waals surface area (Å²) in [5.74, 6) is -0.303. The Morgan fingerprint density at radius 3 is 2.60 bits per heavy atom. The van der Waals surface area contributed by atoms with Crippen LogP contribution in [0.2, 0.25) is 10.0 Å². The maximum Gasteiger partial charge on any atom is 0.136 e. The van der Waals surface area contributed by atoms with Crippen LogP contribution in [-0.4, -0.2) is 4.98 Å². The van der Waals surface area contributed by atoms with E-state index in [0.29, 0.717) is 32.0 Å². The Balaban J connectivity index is 1.82. The number of hydrogen-bond acceptors (Lipinski definition) is 4. The summed E-state index contributed by atoms with van der Waals surface area (Å²) in [6.07, 6.45) is 1.56. The molecule has 1 heterocycles. The number of nitrogens with zero attached hydrogens (tertiary/aromatic N) is 2. The second kappa shape index (κ2) is 7.66. The number of rotatable bonds is 4. The van der Waals surface area contributed by atoms with Crippen molar-refractivity contribution in [1.82, 2.24) is 4.98 Å². The molecule has 25 heavy (non-hydrogen) atoms. The van der Waals surface area contributed by atoms with Gasteiger partial charge in [-0.25, -0.2) is 9.37 Å². The Bertz CT molecular complexity index is 975. The fourth-order valence-corrected chi connectivity index (χ4v) is 3.13. The molecule has 0 atom stereocenters. The Labute approximate surface area is 158 Å². The van der Waals surface area contributed by atoms with Gasteiger partial charge in [-0.05, 0) is 42.5 Å². The average molecular weight is 390 g/mol. The fraction of sp³-hybridized carbons (Fsp3) is 0. The zero-order chi connectivity index (χ0) is 17.8. The summed E-state index contributed by atoms with van der Waals surface area (Å²) in [5, 5.41) is 15.7. The molecule has 0 unspecified atom stereocenters. The van der Waals surface area contributed by atoms with E-state index in [4.69, 9.17) is 23.2 Å². The first-order valence-corrected chi connectivity index (χ1v) is 8.74. The molecule has 3 aromatic rings. The highest BCUT2D eigenvalue weighted by atomic mass is 35.5. The molecule has 124 valence electrons. The van der Waals surface area contributed by atoms with Crippen molar-refractivity contribution in [1.29, 1.82) is 5.26 Å². The molecule has 0 aliphatic rings. The van der Waals surface area contributed by atoms with Crippen LogP contribution < -0.4 is 5.32 Å². The maximum atomic E-state index is 13.0. The number of nitrogens with one attached hydrogen (secondary N) is 1. The number of allylic oxidation sites excluding steroid dienone is 1.